The van der Waals surface area contributed by atoms with Crippen molar-refractivity contribution in [2.75, 3.05) is 13.2 Å². The molecule has 0 aliphatic rings. The highest BCUT2D eigenvalue weighted by molar-refractivity contribution is 8.00. The van der Waals surface area contributed by atoms with Crippen molar-refractivity contribution < 1.29 is 9.53 Å². The van der Waals surface area contributed by atoms with Crippen LogP contribution in [-0.2, 0) is 16.1 Å². The largest absolute Gasteiger partial charge is 0.465 e. The molecule has 1 heterocycles. The standard InChI is InChI=1S/C10H19N5O2S/c1-3-5-8(9(16)17-4-2)18-10-12-13-14-15(10)7-6-11/h8H,3-7,11H2,1-2H3. The third-order valence-corrected chi connectivity index (χ3v) is 3.40. The summed E-state index contributed by atoms with van der Waals surface area (Å²) in [5.74, 6) is -0.216. The number of carbonyl (C=O) groups excluding carboxylic acids is 1. The van der Waals surface area contributed by atoms with Crippen LogP contribution in [0.3, 0.4) is 0 Å². The molecule has 8 heteroatoms. The predicted molar refractivity (Wildman–Crippen MR) is 68.1 cm³/mol. The molecule has 0 aliphatic heterocycles. The molecule has 1 unspecified atom stereocenters. The number of esters is 1. The Balaban J connectivity index is 2.69. The summed E-state index contributed by atoms with van der Waals surface area (Å²) >= 11 is 1.33. The Hall–Kier alpha value is -1.15. The summed E-state index contributed by atoms with van der Waals surface area (Å²) in [6.45, 7) is 5.19. The average Bonchev–Trinajstić information content (AvgIpc) is 2.77. The third-order valence-electron chi connectivity index (χ3n) is 2.19. The van der Waals surface area contributed by atoms with Crippen LogP contribution >= 0.6 is 11.8 Å². The van der Waals surface area contributed by atoms with Crippen LogP contribution < -0.4 is 5.73 Å². The van der Waals surface area contributed by atoms with E-state index < -0.39 is 0 Å². The van der Waals surface area contributed by atoms with Crippen LogP contribution in [-0.4, -0.2) is 44.6 Å². The quantitative estimate of drug-likeness (QED) is 0.542. The van der Waals surface area contributed by atoms with Gasteiger partial charge < -0.3 is 10.5 Å². The van der Waals surface area contributed by atoms with Crippen LogP contribution in [0.1, 0.15) is 26.7 Å². The van der Waals surface area contributed by atoms with Crippen molar-refractivity contribution in [3.63, 3.8) is 0 Å². The van der Waals surface area contributed by atoms with Gasteiger partial charge in [0.1, 0.15) is 5.25 Å². The zero-order valence-electron chi connectivity index (χ0n) is 10.7. The smallest absolute Gasteiger partial charge is 0.319 e. The zero-order chi connectivity index (χ0) is 13.4. The summed E-state index contributed by atoms with van der Waals surface area (Å²) in [6.07, 6.45) is 1.63. The van der Waals surface area contributed by atoms with E-state index in [2.05, 4.69) is 15.5 Å². The summed E-state index contributed by atoms with van der Waals surface area (Å²) in [6, 6.07) is 0. The Morgan fingerprint density at radius 3 is 2.94 bits per heavy atom. The second kappa shape index (κ2) is 8.04. The first-order chi connectivity index (χ1) is 8.72. The number of rotatable bonds is 8. The summed E-state index contributed by atoms with van der Waals surface area (Å²) in [5.41, 5.74) is 5.47. The van der Waals surface area contributed by atoms with Gasteiger partial charge in [0.05, 0.1) is 13.2 Å². The van der Waals surface area contributed by atoms with Crippen molar-refractivity contribution in [2.24, 2.45) is 5.73 Å². The molecule has 0 aliphatic carbocycles. The fraction of sp³-hybridized carbons (Fsp3) is 0.800. The normalized spacial score (nSPS) is 12.4. The topological polar surface area (TPSA) is 95.9 Å². The molecule has 0 bridgehead atoms. The first-order valence-corrected chi connectivity index (χ1v) is 6.90. The third kappa shape index (κ3) is 4.26. The molecule has 0 fully saturated rings. The number of nitrogens with zero attached hydrogens (tertiary/aromatic N) is 4. The van der Waals surface area contributed by atoms with Crippen molar-refractivity contribution in [2.45, 2.75) is 43.6 Å². The maximum atomic E-state index is 11.8. The second-order valence-corrected chi connectivity index (χ2v) is 4.79. The highest BCUT2D eigenvalue weighted by atomic mass is 32.2. The number of carbonyl (C=O) groups is 1. The summed E-state index contributed by atoms with van der Waals surface area (Å²) in [4.78, 5) is 11.8. The lowest BCUT2D eigenvalue weighted by molar-refractivity contribution is -0.142. The van der Waals surface area contributed by atoms with E-state index in [-0.39, 0.29) is 11.2 Å². The Morgan fingerprint density at radius 2 is 2.33 bits per heavy atom. The van der Waals surface area contributed by atoms with Crippen molar-refractivity contribution in [3.8, 4) is 0 Å². The molecule has 2 N–H and O–H groups in total. The van der Waals surface area contributed by atoms with Crippen LogP contribution in [0.15, 0.2) is 5.16 Å². The van der Waals surface area contributed by atoms with Gasteiger partial charge in [-0.2, -0.15) is 0 Å². The van der Waals surface area contributed by atoms with E-state index in [1.165, 1.54) is 11.8 Å². The Bertz CT molecular complexity index is 371. The Morgan fingerprint density at radius 1 is 1.56 bits per heavy atom. The van der Waals surface area contributed by atoms with Gasteiger partial charge >= 0.3 is 5.97 Å². The molecule has 7 nitrogen and oxygen atoms in total. The molecule has 1 rings (SSSR count). The lowest BCUT2D eigenvalue weighted by atomic mass is 10.2. The number of ether oxygens (including phenoxy) is 1. The van der Waals surface area contributed by atoms with Crippen molar-refractivity contribution in [1.29, 1.82) is 0 Å². The fourth-order valence-electron chi connectivity index (χ4n) is 1.39. The van der Waals surface area contributed by atoms with E-state index in [1.54, 1.807) is 11.6 Å². The van der Waals surface area contributed by atoms with Gasteiger partial charge in [0.25, 0.3) is 0 Å². The molecule has 1 aromatic rings. The number of aromatic nitrogens is 4. The van der Waals surface area contributed by atoms with Gasteiger partial charge in [-0.3, -0.25) is 4.79 Å². The molecule has 18 heavy (non-hydrogen) atoms. The van der Waals surface area contributed by atoms with E-state index in [0.29, 0.717) is 24.9 Å². The fourth-order valence-corrected chi connectivity index (χ4v) is 2.50. The van der Waals surface area contributed by atoms with E-state index >= 15 is 0 Å². The number of thioether (sulfide) groups is 1. The van der Waals surface area contributed by atoms with Gasteiger partial charge in [0, 0.05) is 6.54 Å². The van der Waals surface area contributed by atoms with Crippen LogP contribution in [0.5, 0.6) is 0 Å². The first kappa shape index (κ1) is 14.9. The lowest BCUT2D eigenvalue weighted by Crippen LogP contribution is -2.21. The van der Waals surface area contributed by atoms with E-state index in [9.17, 15) is 4.79 Å². The van der Waals surface area contributed by atoms with Crippen LogP contribution in [0.2, 0.25) is 0 Å². The average molecular weight is 273 g/mol. The first-order valence-electron chi connectivity index (χ1n) is 6.02. The number of tetrazole rings is 1. The zero-order valence-corrected chi connectivity index (χ0v) is 11.5. The maximum absolute atomic E-state index is 11.8. The molecule has 1 aromatic heterocycles. The second-order valence-electron chi connectivity index (χ2n) is 3.62. The molecule has 0 radical (unpaired) electrons. The number of hydrogen-bond donors (Lipinski definition) is 1. The number of nitrogens with two attached hydrogens (primary N) is 1. The molecule has 0 aromatic carbocycles. The van der Waals surface area contributed by atoms with Gasteiger partial charge in [0.2, 0.25) is 5.16 Å². The minimum absolute atomic E-state index is 0.216. The minimum atomic E-state index is -0.266. The molecular weight excluding hydrogens is 254 g/mol. The molecule has 0 amide bonds. The summed E-state index contributed by atoms with van der Waals surface area (Å²) in [5, 5.41) is 11.7. The van der Waals surface area contributed by atoms with Gasteiger partial charge in [-0.25, -0.2) is 4.68 Å². The minimum Gasteiger partial charge on any atom is -0.465 e. The number of hydrogen-bond acceptors (Lipinski definition) is 7. The predicted octanol–water partition coefficient (Wildman–Crippen LogP) is 0.456. The SMILES string of the molecule is CCCC(Sc1nnnn1CCN)C(=O)OCC. The van der Waals surface area contributed by atoms with E-state index in [4.69, 9.17) is 10.5 Å². The van der Waals surface area contributed by atoms with Crippen LogP contribution in [0, 0.1) is 0 Å². The van der Waals surface area contributed by atoms with Gasteiger partial charge in [0.15, 0.2) is 0 Å². The Labute approximate surface area is 110 Å². The van der Waals surface area contributed by atoms with Crippen LogP contribution in [0.25, 0.3) is 0 Å². The van der Waals surface area contributed by atoms with Crippen molar-refractivity contribution in [1.82, 2.24) is 20.2 Å². The molecule has 0 saturated heterocycles. The van der Waals surface area contributed by atoms with E-state index in [0.717, 1.165) is 12.8 Å². The molecule has 0 saturated carbocycles. The van der Waals surface area contributed by atoms with Gasteiger partial charge in [-0.05, 0) is 23.8 Å². The molecule has 0 spiro atoms. The highest BCUT2D eigenvalue weighted by Gasteiger charge is 2.23. The van der Waals surface area contributed by atoms with Gasteiger partial charge in [-0.1, -0.05) is 25.1 Å². The van der Waals surface area contributed by atoms with Crippen molar-refractivity contribution >= 4 is 17.7 Å². The lowest BCUT2D eigenvalue weighted by Gasteiger charge is -2.13. The molecular formula is C10H19N5O2S. The summed E-state index contributed by atoms with van der Waals surface area (Å²) in [7, 11) is 0. The van der Waals surface area contributed by atoms with Crippen LogP contribution in [0.4, 0.5) is 0 Å². The van der Waals surface area contributed by atoms with Gasteiger partial charge in [-0.15, -0.1) is 5.10 Å². The summed E-state index contributed by atoms with van der Waals surface area (Å²) < 4.78 is 6.65. The Kier molecular flexibility index (Phi) is 6.66. The monoisotopic (exact) mass is 273 g/mol. The molecule has 102 valence electrons. The highest BCUT2D eigenvalue weighted by Crippen LogP contribution is 2.24. The van der Waals surface area contributed by atoms with Crippen molar-refractivity contribution in [3.05, 3.63) is 0 Å². The maximum Gasteiger partial charge on any atom is 0.319 e. The molecule has 1 atom stereocenters. The van der Waals surface area contributed by atoms with E-state index in [1.807, 2.05) is 6.92 Å².